The zero-order valence-corrected chi connectivity index (χ0v) is 14.0. The van der Waals surface area contributed by atoms with E-state index in [1.54, 1.807) is 0 Å². The first-order valence-electron chi connectivity index (χ1n) is 8.28. The minimum absolute atomic E-state index is 0. The lowest BCUT2D eigenvalue weighted by atomic mass is 9.74. The third-order valence-corrected chi connectivity index (χ3v) is 5.32. The van der Waals surface area contributed by atoms with Crippen molar-refractivity contribution < 1.29 is 9.68 Å². The van der Waals surface area contributed by atoms with Crippen LogP contribution in [0.5, 0.6) is 5.75 Å². The van der Waals surface area contributed by atoms with Crippen LogP contribution in [-0.4, -0.2) is 22.3 Å². The number of fused-ring (bicyclic) bond motifs is 5. The van der Waals surface area contributed by atoms with Gasteiger partial charge in [0.2, 0.25) is 0 Å². The van der Waals surface area contributed by atoms with E-state index < -0.39 is 0 Å². The Morgan fingerprint density at radius 1 is 1.08 bits per heavy atom. The molecule has 5 heteroatoms. The van der Waals surface area contributed by atoms with E-state index in [2.05, 4.69) is 47.7 Å². The lowest BCUT2D eigenvalue weighted by Gasteiger charge is -2.34. The molecule has 1 aliphatic rings. The molecule has 0 bridgehead atoms. The molecule has 26 heavy (non-hydrogen) atoms. The maximum Gasteiger partial charge on any atom is 0.569 e. The Hall–Kier alpha value is -2.79. The normalized spacial score (nSPS) is 14.0. The lowest BCUT2D eigenvalue weighted by molar-refractivity contribution is 0.453. The summed E-state index contributed by atoms with van der Waals surface area (Å²) in [5.74, 6) is 0.625. The fourth-order valence-corrected chi connectivity index (χ4v) is 4.16. The first-order valence-corrected chi connectivity index (χ1v) is 8.28. The molecule has 0 amide bonds. The quantitative estimate of drug-likeness (QED) is 0.550. The smallest absolute Gasteiger partial charge is 0.537 e. The van der Waals surface area contributed by atoms with Crippen molar-refractivity contribution in [3.8, 4) is 11.4 Å². The van der Waals surface area contributed by atoms with E-state index in [1.807, 2.05) is 30.6 Å². The fraction of sp³-hybridized carbons (Fsp3) is 0.190. The molecule has 2 aromatic heterocycles. The Morgan fingerprint density at radius 2 is 1.88 bits per heavy atom. The Bertz CT molecular complexity index is 1150. The number of rotatable bonds is 2. The summed E-state index contributed by atoms with van der Waals surface area (Å²) < 4.78 is 7.64. The van der Waals surface area contributed by atoms with Crippen molar-refractivity contribution in [2.24, 2.45) is 0 Å². The van der Waals surface area contributed by atoms with Crippen LogP contribution in [0.15, 0.2) is 54.9 Å². The molecule has 4 aromatic rings. The number of hydrogen-bond acceptors (Lipinski definition) is 3. The zero-order chi connectivity index (χ0) is 17.2. The van der Waals surface area contributed by atoms with Gasteiger partial charge in [-0.25, -0.2) is 0 Å². The third kappa shape index (κ3) is 1.98. The van der Waals surface area contributed by atoms with E-state index in [9.17, 15) is 0 Å². The zero-order valence-electron chi connectivity index (χ0n) is 14.0. The minimum atomic E-state index is -0.179. The molecular formula is C21H20BN2O2. The highest BCUT2D eigenvalue weighted by Crippen LogP contribution is 2.48. The SMILES string of the molecule is C.CC1(C)c2ccccc2-n2c3ccncc3c3cc(O[B]O)cc1c32. The van der Waals surface area contributed by atoms with Crippen LogP contribution in [0.25, 0.3) is 27.5 Å². The first-order chi connectivity index (χ1) is 12.1. The molecule has 0 spiro atoms. The molecule has 0 fully saturated rings. The maximum absolute atomic E-state index is 9.11. The van der Waals surface area contributed by atoms with Gasteiger partial charge in [0.05, 0.1) is 16.7 Å². The molecule has 1 radical (unpaired) electrons. The standard InChI is InChI=1S/C20H16BN2O2.CH4/c1-20(2)15-5-3-4-6-18(15)23-17-7-8-22-11-14(17)13-9-12(25-21-24)10-16(20)19(13)23;/h3-11,24H,1-2H3;1H4. The van der Waals surface area contributed by atoms with Crippen LogP contribution in [0.4, 0.5) is 0 Å². The molecule has 0 unspecified atom stereocenters. The van der Waals surface area contributed by atoms with E-state index in [0.717, 1.165) is 24.0 Å². The van der Waals surface area contributed by atoms with Crippen LogP contribution in [0.2, 0.25) is 0 Å². The molecule has 129 valence electrons. The van der Waals surface area contributed by atoms with E-state index in [0.29, 0.717) is 5.75 Å². The van der Waals surface area contributed by atoms with Gasteiger partial charge < -0.3 is 14.2 Å². The Morgan fingerprint density at radius 3 is 2.69 bits per heavy atom. The predicted octanol–water partition coefficient (Wildman–Crippen LogP) is 4.36. The molecule has 1 aliphatic heterocycles. The van der Waals surface area contributed by atoms with E-state index in [1.165, 1.54) is 22.3 Å². The molecule has 4 nitrogen and oxygen atoms in total. The number of aromatic nitrogens is 2. The average Bonchev–Trinajstić information content (AvgIpc) is 2.95. The van der Waals surface area contributed by atoms with Crippen molar-refractivity contribution in [2.75, 3.05) is 0 Å². The second kappa shape index (κ2) is 5.61. The number of nitrogens with zero attached hydrogens (tertiary/aromatic N) is 2. The molecular weight excluding hydrogens is 323 g/mol. The second-order valence-electron chi connectivity index (χ2n) is 6.96. The highest BCUT2D eigenvalue weighted by atomic mass is 16.5. The Balaban J connectivity index is 0.00000168. The number of hydrogen-bond donors (Lipinski definition) is 1. The molecule has 0 saturated heterocycles. The molecule has 0 atom stereocenters. The van der Waals surface area contributed by atoms with Gasteiger partial charge >= 0.3 is 7.69 Å². The number of benzene rings is 2. The molecule has 0 aliphatic carbocycles. The first kappa shape index (κ1) is 16.7. The third-order valence-electron chi connectivity index (χ3n) is 5.32. The van der Waals surface area contributed by atoms with Crippen LogP contribution in [0, 0.1) is 0 Å². The van der Waals surface area contributed by atoms with Crippen molar-refractivity contribution >= 4 is 29.5 Å². The summed E-state index contributed by atoms with van der Waals surface area (Å²) in [6.45, 7) is 4.46. The van der Waals surface area contributed by atoms with E-state index in [4.69, 9.17) is 9.68 Å². The van der Waals surface area contributed by atoms with Crippen LogP contribution < -0.4 is 4.65 Å². The highest BCUT2D eigenvalue weighted by molar-refractivity contribution is 6.18. The summed E-state index contributed by atoms with van der Waals surface area (Å²) in [4.78, 5) is 4.32. The van der Waals surface area contributed by atoms with Gasteiger partial charge in [0.15, 0.2) is 0 Å². The van der Waals surface area contributed by atoms with Crippen LogP contribution in [0.3, 0.4) is 0 Å². The molecule has 0 saturated carbocycles. The predicted molar refractivity (Wildman–Crippen MR) is 106 cm³/mol. The molecule has 2 aromatic carbocycles. The van der Waals surface area contributed by atoms with Gasteiger partial charge in [-0.15, -0.1) is 0 Å². The largest absolute Gasteiger partial charge is 0.569 e. The van der Waals surface area contributed by atoms with E-state index in [-0.39, 0.29) is 12.8 Å². The maximum atomic E-state index is 9.11. The molecule has 5 rings (SSSR count). The Kier molecular flexibility index (Phi) is 3.60. The topological polar surface area (TPSA) is 47.3 Å². The molecule has 3 heterocycles. The summed E-state index contributed by atoms with van der Waals surface area (Å²) in [6.07, 6.45) is 3.72. The highest BCUT2D eigenvalue weighted by Gasteiger charge is 2.35. The van der Waals surface area contributed by atoms with Crippen molar-refractivity contribution in [3.05, 3.63) is 66.0 Å². The fourth-order valence-electron chi connectivity index (χ4n) is 4.16. The molecule has 1 N–H and O–H groups in total. The van der Waals surface area contributed by atoms with Gasteiger partial charge in [0.1, 0.15) is 5.75 Å². The average molecular weight is 343 g/mol. The second-order valence-corrected chi connectivity index (χ2v) is 6.96. The summed E-state index contributed by atoms with van der Waals surface area (Å²) in [6, 6.07) is 14.6. The number of pyridine rings is 1. The lowest BCUT2D eigenvalue weighted by Crippen LogP contribution is -2.26. The number of para-hydroxylation sites is 1. The van der Waals surface area contributed by atoms with E-state index >= 15 is 0 Å². The Labute approximate surface area is 153 Å². The van der Waals surface area contributed by atoms with Crippen molar-refractivity contribution in [1.82, 2.24) is 9.55 Å². The van der Waals surface area contributed by atoms with Crippen LogP contribution >= 0.6 is 0 Å². The van der Waals surface area contributed by atoms with Crippen LogP contribution in [-0.2, 0) is 5.41 Å². The van der Waals surface area contributed by atoms with Gasteiger partial charge in [-0.05, 0) is 35.4 Å². The van der Waals surface area contributed by atoms with Gasteiger partial charge in [0, 0.05) is 28.6 Å². The summed E-state index contributed by atoms with van der Waals surface area (Å²) in [5, 5.41) is 11.3. The van der Waals surface area contributed by atoms with Crippen molar-refractivity contribution in [2.45, 2.75) is 26.7 Å². The van der Waals surface area contributed by atoms with Gasteiger partial charge in [-0.3, -0.25) is 4.98 Å². The van der Waals surface area contributed by atoms with Gasteiger partial charge in [0.25, 0.3) is 0 Å². The van der Waals surface area contributed by atoms with Gasteiger partial charge in [-0.1, -0.05) is 39.5 Å². The van der Waals surface area contributed by atoms with Crippen LogP contribution in [0.1, 0.15) is 32.4 Å². The summed E-state index contributed by atoms with van der Waals surface area (Å²) >= 11 is 0. The minimum Gasteiger partial charge on any atom is -0.537 e. The summed E-state index contributed by atoms with van der Waals surface area (Å²) in [5.41, 5.74) is 5.77. The van der Waals surface area contributed by atoms with Crippen molar-refractivity contribution in [3.63, 3.8) is 0 Å². The summed E-state index contributed by atoms with van der Waals surface area (Å²) in [7, 11) is 0.731. The van der Waals surface area contributed by atoms with Gasteiger partial charge in [-0.2, -0.15) is 0 Å². The van der Waals surface area contributed by atoms with Crippen molar-refractivity contribution in [1.29, 1.82) is 0 Å². The monoisotopic (exact) mass is 343 g/mol.